The van der Waals surface area contributed by atoms with Gasteiger partial charge in [0.05, 0.1) is 0 Å². The maximum Gasteiger partial charge on any atom is 0.0254 e. The molecule has 1 fully saturated rings. The number of nitrogens with zero attached hydrogens (tertiary/aromatic N) is 1. The molecule has 1 atom stereocenters. The van der Waals surface area contributed by atoms with E-state index in [-0.39, 0.29) is 5.54 Å². The average Bonchev–Trinajstić information content (AvgIpc) is 2.40. The van der Waals surface area contributed by atoms with E-state index in [2.05, 4.69) is 62.2 Å². The lowest BCUT2D eigenvalue weighted by Crippen LogP contribution is -2.48. The zero-order valence-corrected chi connectivity index (χ0v) is 12.2. The van der Waals surface area contributed by atoms with Crippen LogP contribution in [0.2, 0.25) is 0 Å². The maximum atomic E-state index is 3.70. The van der Waals surface area contributed by atoms with Gasteiger partial charge in [-0.2, -0.15) is 0 Å². The van der Waals surface area contributed by atoms with Crippen LogP contribution in [0.4, 0.5) is 0 Å². The lowest BCUT2D eigenvalue weighted by molar-refractivity contribution is 0.223. The number of nitrogens with one attached hydrogen (secondary N) is 1. The molecular weight excluding hydrogens is 220 g/mol. The van der Waals surface area contributed by atoms with E-state index < -0.39 is 0 Å². The molecule has 2 rings (SSSR count). The fourth-order valence-corrected chi connectivity index (χ4v) is 2.89. The first-order chi connectivity index (χ1) is 8.44. The van der Waals surface area contributed by atoms with Crippen molar-refractivity contribution < 1.29 is 0 Å². The smallest absolute Gasteiger partial charge is 0.0254 e. The van der Waals surface area contributed by atoms with Crippen molar-refractivity contribution in [1.29, 1.82) is 0 Å². The summed E-state index contributed by atoms with van der Waals surface area (Å²) in [7, 11) is 0. The van der Waals surface area contributed by atoms with E-state index in [0.717, 1.165) is 13.1 Å². The molecule has 0 aliphatic carbocycles. The van der Waals surface area contributed by atoms with Gasteiger partial charge in [-0.15, -0.1) is 0 Å². The van der Waals surface area contributed by atoms with Gasteiger partial charge in [-0.05, 0) is 39.7 Å². The molecule has 1 aliphatic heterocycles. The predicted octanol–water partition coefficient (Wildman–Crippen LogP) is 2.96. The Balaban J connectivity index is 2.02. The van der Waals surface area contributed by atoms with Gasteiger partial charge in [0.25, 0.3) is 0 Å². The van der Waals surface area contributed by atoms with Crippen LogP contribution in [0.5, 0.6) is 0 Å². The highest BCUT2D eigenvalue weighted by Crippen LogP contribution is 2.16. The standard InChI is InChI=1S/C16H26N2/c1-13-5-7-15(8-6-13)11-18-10-9-14(2)17-16(3,4)12-18/h5-8,14,17H,9-12H2,1-4H3. The van der Waals surface area contributed by atoms with Gasteiger partial charge in [-0.3, -0.25) is 4.90 Å². The van der Waals surface area contributed by atoms with Crippen molar-refractivity contribution in [2.24, 2.45) is 0 Å². The zero-order chi connectivity index (χ0) is 13.2. The van der Waals surface area contributed by atoms with E-state index >= 15 is 0 Å². The first-order valence-electron chi connectivity index (χ1n) is 7.00. The Bertz CT molecular complexity index is 381. The van der Waals surface area contributed by atoms with Gasteiger partial charge in [0.15, 0.2) is 0 Å². The summed E-state index contributed by atoms with van der Waals surface area (Å²) in [5.41, 5.74) is 2.97. The van der Waals surface area contributed by atoms with Crippen LogP contribution in [0.25, 0.3) is 0 Å². The molecule has 0 saturated carbocycles. The summed E-state index contributed by atoms with van der Waals surface area (Å²) in [6, 6.07) is 9.54. The van der Waals surface area contributed by atoms with E-state index in [0.29, 0.717) is 6.04 Å². The first kappa shape index (κ1) is 13.6. The second kappa shape index (κ2) is 5.41. The minimum Gasteiger partial charge on any atom is -0.308 e. The molecule has 0 aromatic heterocycles. The van der Waals surface area contributed by atoms with Gasteiger partial charge in [0.2, 0.25) is 0 Å². The number of benzene rings is 1. The highest BCUT2D eigenvalue weighted by molar-refractivity contribution is 5.21. The Morgan fingerprint density at radius 1 is 1.28 bits per heavy atom. The van der Waals surface area contributed by atoms with Gasteiger partial charge in [0.1, 0.15) is 0 Å². The third-order valence-electron chi connectivity index (χ3n) is 3.66. The molecule has 0 spiro atoms. The molecule has 1 saturated heterocycles. The SMILES string of the molecule is Cc1ccc(CN2CCC(C)NC(C)(C)C2)cc1. The topological polar surface area (TPSA) is 15.3 Å². The highest BCUT2D eigenvalue weighted by atomic mass is 15.2. The van der Waals surface area contributed by atoms with E-state index in [1.54, 1.807) is 0 Å². The third-order valence-corrected chi connectivity index (χ3v) is 3.66. The van der Waals surface area contributed by atoms with Gasteiger partial charge in [-0.25, -0.2) is 0 Å². The van der Waals surface area contributed by atoms with Gasteiger partial charge in [0, 0.05) is 31.2 Å². The van der Waals surface area contributed by atoms with Crippen molar-refractivity contribution in [3.8, 4) is 0 Å². The van der Waals surface area contributed by atoms with Crippen molar-refractivity contribution in [2.45, 2.75) is 52.2 Å². The number of hydrogen-bond acceptors (Lipinski definition) is 2. The van der Waals surface area contributed by atoms with Crippen LogP contribution in [0, 0.1) is 6.92 Å². The van der Waals surface area contributed by atoms with E-state index in [9.17, 15) is 0 Å². The number of aryl methyl sites for hydroxylation is 1. The summed E-state index contributed by atoms with van der Waals surface area (Å²) < 4.78 is 0. The lowest BCUT2D eigenvalue weighted by Gasteiger charge is -2.31. The lowest BCUT2D eigenvalue weighted by atomic mass is 10.0. The second-order valence-corrected chi connectivity index (χ2v) is 6.41. The second-order valence-electron chi connectivity index (χ2n) is 6.41. The minimum absolute atomic E-state index is 0.209. The van der Waals surface area contributed by atoms with Crippen molar-refractivity contribution in [3.05, 3.63) is 35.4 Å². The molecule has 2 nitrogen and oxygen atoms in total. The summed E-state index contributed by atoms with van der Waals surface area (Å²) in [4.78, 5) is 2.57. The Kier molecular flexibility index (Phi) is 4.08. The maximum absolute atomic E-state index is 3.70. The van der Waals surface area contributed by atoms with Crippen molar-refractivity contribution >= 4 is 0 Å². The van der Waals surface area contributed by atoms with Gasteiger partial charge >= 0.3 is 0 Å². The monoisotopic (exact) mass is 246 g/mol. The molecule has 1 aliphatic rings. The van der Waals surface area contributed by atoms with E-state index in [1.165, 1.54) is 24.1 Å². The van der Waals surface area contributed by atoms with Crippen LogP contribution >= 0.6 is 0 Å². The number of hydrogen-bond donors (Lipinski definition) is 1. The molecule has 18 heavy (non-hydrogen) atoms. The first-order valence-corrected chi connectivity index (χ1v) is 7.00. The molecule has 100 valence electrons. The fourth-order valence-electron chi connectivity index (χ4n) is 2.89. The third kappa shape index (κ3) is 3.82. The molecule has 1 N–H and O–H groups in total. The molecule has 0 amide bonds. The van der Waals surface area contributed by atoms with Crippen LogP contribution in [0.3, 0.4) is 0 Å². The van der Waals surface area contributed by atoms with Gasteiger partial charge < -0.3 is 5.32 Å². The average molecular weight is 246 g/mol. The van der Waals surface area contributed by atoms with Crippen LogP contribution in [0.1, 0.15) is 38.3 Å². The highest BCUT2D eigenvalue weighted by Gasteiger charge is 2.26. The molecule has 1 aromatic carbocycles. The van der Waals surface area contributed by atoms with Crippen LogP contribution in [-0.4, -0.2) is 29.6 Å². The van der Waals surface area contributed by atoms with Crippen molar-refractivity contribution in [2.75, 3.05) is 13.1 Å². The van der Waals surface area contributed by atoms with Crippen molar-refractivity contribution in [3.63, 3.8) is 0 Å². The normalized spacial score (nSPS) is 24.8. The predicted molar refractivity (Wildman–Crippen MR) is 77.7 cm³/mol. The minimum atomic E-state index is 0.209. The molecule has 1 aromatic rings. The summed E-state index contributed by atoms with van der Waals surface area (Å²) in [5, 5.41) is 3.70. The zero-order valence-electron chi connectivity index (χ0n) is 12.2. The van der Waals surface area contributed by atoms with E-state index in [4.69, 9.17) is 0 Å². The Labute approximate surface area is 111 Å². The molecule has 0 radical (unpaired) electrons. The summed E-state index contributed by atoms with van der Waals surface area (Å²) >= 11 is 0. The van der Waals surface area contributed by atoms with Gasteiger partial charge in [-0.1, -0.05) is 29.8 Å². The summed E-state index contributed by atoms with van der Waals surface area (Å²) in [6.07, 6.45) is 1.23. The summed E-state index contributed by atoms with van der Waals surface area (Å²) in [6.45, 7) is 12.4. The molecule has 2 heteroatoms. The quantitative estimate of drug-likeness (QED) is 0.863. The van der Waals surface area contributed by atoms with Crippen molar-refractivity contribution in [1.82, 2.24) is 10.2 Å². The van der Waals surface area contributed by atoms with Crippen LogP contribution in [0.15, 0.2) is 24.3 Å². The Hall–Kier alpha value is -0.860. The molecule has 1 heterocycles. The van der Waals surface area contributed by atoms with Crippen LogP contribution < -0.4 is 5.32 Å². The summed E-state index contributed by atoms with van der Waals surface area (Å²) in [5.74, 6) is 0. The molecule has 1 unspecified atom stereocenters. The Morgan fingerprint density at radius 2 is 1.94 bits per heavy atom. The Morgan fingerprint density at radius 3 is 2.61 bits per heavy atom. The fraction of sp³-hybridized carbons (Fsp3) is 0.625. The van der Waals surface area contributed by atoms with Crippen LogP contribution in [-0.2, 0) is 6.54 Å². The van der Waals surface area contributed by atoms with E-state index in [1.807, 2.05) is 0 Å². The molecule has 0 bridgehead atoms. The largest absolute Gasteiger partial charge is 0.308 e. The number of rotatable bonds is 2. The molecular formula is C16H26N2.